The van der Waals surface area contributed by atoms with E-state index in [0.717, 1.165) is 25.9 Å². The predicted molar refractivity (Wildman–Crippen MR) is 72.7 cm³/mol. The third-order valence-electron chi connectivity index (χ3n) is 2.91. The molecule has 0 bridgehead atoms. The highest BCUT2D eigenvalue weighted by atomic mass is 16.3. The normalized spacial score (nSPS) is 10.1. The van der Waals surface area contributed by atoms with Gasteiger partial charge in [-0.05, 0) is 44.4 Å². The summed E-state index contributed by atoms with van der Waals surface area (Å²) in [7, 11) is 0. The molecule has 0 unspecified atom stereocenters. The van der Waals surface area contributed by atoms with Gasteiger partial charge in [0.05, 0.1) is 0 Å². The molecule has 0 aliphatic rings. The van der Waals surface area contributed by atoms with Crippen molar-refractivity contribution < 1.29 is 9.90 Å². The zero-order chi connectivity index (χ0) is 13.4. The van der Waals surface area contributed by atoms with Crippen molar-refractivity contribution in [3.05, 3.63) is 29.8 Å². The van der Waals surface area contributed by atoms with Gasteiger partial charge in [0.15, 0.2) is 0 Å². The van der Waals surface area contributed by atoms with Gasteiger partial charge in [0.25, 0.3) is 0 Å². The molecule has 4 nitrogen and oxygen atoms in total. The van der Waals surface area contributed by atoms with Crippen LogP contribution in [-0.2, 0) is 6.42 Å². The van der Waals surface area contributed by atoms with E-state index in [1.807, 2.05) is 26.0 Å². The summed E-state index contributed by atoms with van der Waals surface area (Å²) in [6, 6.07) is 7.18. The molecule has 0 aromatic heterocycles. The minimum Gasteiger partial charge on any atom is -0.508 e. The number of aromatic hydroxyl groups is 1. The molecule has 0 aliphatic carbocycles. The van der Waals surface area contributed by atoms with Crippen molar-refractivity contribution in [3.8, 4) is 5.75 Å². The average molecular weight is 250 g/mol. The second kappa shape index (κ2) is 7.58. The van der Waals surface area contributed by atoms with Crippen LogP contribution >= 0.6 is 0 Å². The lowest BCUT2D eigenvalue weighted by Crippen LogP contribution is -2.40. The zero-order valence-corrected chi connectivity index (χ0v) is 11.1. The molecule has 0 fully saturated rings. The summed E-state index contributed by atoms with van der Waals surface area (Å²) >= 11 is 0. The van der Waals surface area contributed by atoms with Gasteiger partial charge in [-0.3, -0.25) is 0 Å². The minimum atomic E-state index is 0.00528. The third-order valence-corrected chi connectivity index (χ3v) is 2.91. The number of nitrogens with one attached hydrogen (secondary N) is 1. The van der Waals surface area contributed by atoms with Gasteiger partial charge in [-0.1, -0.05) is 12.1 Å². The number of hydrogen-bond acceptors (Lipinski definition) is 2. The molecule has 2 amide bonds. The van der Waals surface area contributed by atoms with E-state index in [1.54, 1.807) is 17.0 Å². The Hall–Kier alpha value is -1.71. The molecule has 0 heterocycles. The molecule has 4 heteroatoms. The molecule has 0 saturated carbocycles. The highest BCUT2D eigenvalue weighted by Gasteiger charge is 2.07. The molecule has 0 aliphatic heterocycles. The Labute approximate surface area is 109 Å². The summed E-state index contributed by atoms with van der Waals surface area (Å²) < 4.78 is 0. The lowest BCUT2D eigenvalue weighted by Gasteiger charge is -2.19. The first kappa shape index (κ1) is 14.4. The first-order valence-electron chi connectivity index (χ1n) is 6.48. The number of rotatable bonds is 6. The van der Waals surface area contributed by atoms with Gasteiger partial charge in [0.2, 0.25) is 0 Å². The fourth-order valence-electron chi connectivity index (χ4n) is 1.77. The van der Waals surface area contributed by atoms with Crippen molar-refractivity contribution in [1.82, 2.24) is 10.2 Å². The van der Waals surface area contributed by atoms with Crippen LogP contribution in [0.3, 0.4) is 0 Å². The lowest BCUT2D eigenvalue weighted by molar-refractivity contribution is 0.203. The molecule has 0 atom stereocenters. The number of amides is 2. The van der Waals surface area contributed by atoms with Gasteiger partial charge in [0, 0.05) is 19.6 Å². The van der Waals surface area contributed by atoms with Gasteiger partial charge >= 0.3 is 6.03 Å². The minimum absolute atomic E-state index is 0.00528. The van der Waals surface area contributed by atoms with Crippen LogP contribution < -0.4 is 5.32 Å². The van der Waals surface area contributed by atoms with Crippen molar-refractivity contribution in [3.63, 3.8) is 0 Å². The predicted octanol–water partition coefficient (Wildman–Crippen LogP) is 2.38. The van der Waals surface area contributed by atoms with Gasteiger partial charge in [-0.25, -0.2) is 4.79 Å². The monoisotopic (exact) mass is 250 g/mol. The summed E-state index contributed by atoms with van der Waals surface area (Å²) in [6.45, 7) is 6.09. The number of carbonyl (C=O) groups is 1. The second-order valence-electron chi connectivity index (χ2n) is 4.17. The summed E-state index contributed by atoms with van der Waals surface area (Å²) in [5.41, 5.74) is 1.17. The summed E-state index contributed by atoms with van der Waals surface area (Å²) in [5, 5.41) is 12.1. The standard InChI is InChI=1S/C14H22N2O2/c1-3-16(4-2)14(18)15-11-5-6-12-7-9-13(17)10-8-12/h7-10,17H,3-6,11H2,1-2H3,(H,15,18). The average Bonchev–Trinajstić information content (AvgIpc) is 2.38. The Morgan fingerprint density at radius 1 is 1.22 bits per heavy atom. The SMILES string of the molecule is CCN(CC)C(=O)NCCCc1ccc(O)cc1. The topological polar surface area (TPSA) is 52.6 Å². The van der Waals surface area contributed by atoms with Crippen molar-refractivity contribution in [1.29, 1.82) is 0 Å². The number of phenols is 1. The third kappa shape index (κ3) is 4.65. The van der Waals surface area contributed by atoms with E-state index in [9.17, 15) is 4.79 Å². The number of benzene rings is 1. The Kier molecular flexibility index (Phi) is 6.05. The van der Waals surface area contributed by atoms with E-state index in [0.29, 0.717) is 6.54 Å². The second-order valence-corrected chi connectivity index (χ2v) is 4.17. The van der Waals surface area contributed by atoms with E-state index < -0.39 is 0 Å². The quantitative estimate of drug-likeness (QED) is 0.762. The first-order valence-corrected chi connectivity index (χ1v) is 6.48. The van der Waals surface area contributed by atoms with Crippen LogP contribution in [0.4, 0.5) is 4.79 Å². The summed E-state index contributed by atoms with van der Waals surface area (Å²) in [5.74, 6) is 0.286. The highest BCUT2D eigenvalue weighted by Crippen LogP contribution is 2.10. The Morgan fingerprint density at radius 2 is 1.83 bits per heavy atom. The number of carbonyl (C=O) groups excluding carboxylic acids is 1. The fraction of sp³-hybridized carbons (Fsp3) is 0.500. The van der Waals surface area contributed by atoms with Crippen LogP contribution in [0, 0.1) is 0 Å². The van der Waals surface area contributed by atoms with Crippen molar-refractivity contribution >= 4 is 6.03 Å². The van der Waals surface area contributed by atoms with E-state index in [1.165, 1.54) is 5.56 Å². The van der Waals surface area contributed by atoms with Gasteiger partial charge in [0.1, 0.15) is 5.75 Å². The van der Waals surface area contributed by atoms with Gasteiger partial charge < -0.3 is 15.3 Å². The van der Waals surface area contributed by atoms with Crippen molar-refractivity contribution in [2.24, 2.45) is 0 Å². The van der Waals surface area contributed by atoms with E-state index in [-0.39, 0.29) is 11.8 Å². The molecule has 0 radical (unpaired) electrons. The molecular weight excluding hydrogens is 228 g/mol. The molecule has 0 saturated heterocycles. The van der Waals surface area contributed by atoms with Gasteiger partial charge in [-0.15, -0.1) is 0 Å². The number of hydrogen-bond donors (Lipinski definition) is 2. The van der Waals surface area contributed by atoms with E-state index in [2.05, 4.69) is 5.32 Å². The molecule has 1 rings (SSSR count). The largest absolute Gasteiger partial charge is 0.508 e. The number of phenolic OH excluding ortho intramolecular Hbond substituents is 1. The molecule has 18 heavy (non-hydrogen) atoms. The zero-order valence-electron chi connectivity index (χ0n) is 11.1. The first-order chi connectivity index (χ1) is 8.67. The molecule has 1 aromatic rings. The Bertz CT molecular complexity index is 359. The van der Waals surface area contributed by atoms with Gasteiger partial charge in [-0.2, -0.15) is 0 Å². The van der Waals surface area contributed by atoms with E-state index in [4.69, 9.17) is 5.11 Å². The molecular formula is C14H22N2O2. The highest BCUT2D eigenvalue weighted by molar-refractivity contribution is 5.73. The number of aryl methyl sites for hydroxylation is 1. The Balaban J connectivity index is 2.22. The maximum Gasteiger partial charge on any atom is 0.317 e. The molecule has 1 aromatic carbocycles. The lowest BCUT2D eigenvalue weighted by atomic mass is 10.1. The maximum atomic E-state index is 11.6. The van der Waals surface area contributed by atoms with Crippen LogP contribution in [0.1, 0.15) is 25.8 Å². The van der Waals surface area contributed by atoms with Crippen molar-refractivity contribution in [2.45, 2.75) is 26.7 Å². The van der Waals surface area contributed by atoms with Crippen LogP contribution in [-0.4, -0.2) is 35.7 Å². The summed E-state index contributed by atoms with van der Waals surface area (Å²) in [6.07, 6.45) is 1.80. The number of nitrogens with zero attached hydrogens (tertiary/aromatic N) is 1. The van der Waals surface area contributed by atoms with Crippen LogP contribution in [0.5, 0.6) is 5.75 Å². The molecule has 2 N–H and O–H groups in total. The van der Waals surface area contributed by atoms with Crippen LogP contribution in [0.15, 0.2) is 24.3 Å². The smallest absolute Gasteiger partial charge is 0.317 e. The van der Waals surface area contributed by atoms with E-state index >= 15 is 0 Å². The molecule has 0 spiro atoms. The van der Waals surface area contributed by atoms with Crippen LogP contribution in [0.25, 0.3) is 0 Å². The van der Waals surface area contributed by atoms with Crippen LogP contribution in [0.2, 0.25) is 0 Å². The fourth-order valence-corrected chi connectivity index (χ4v) is 1.77. The molecule has 100 valence electrons. The maximum absolute atomic E-state index is 11.6. The van der Waals surface area contributed by atoms with Crippen molar-refractivity contribution in [2.75, 3.05) is 19.6 Å². The Morgan fingerprint density at radius 3 is 2.39 bits per heavy atom. The number of urea groups is 1. The summed E-state index contributed by atoms with van der Waals surface area (Å²) in [4.78, 5) is 13.4.